The van der Waals surface area contributed by atoms with Gasteiger partial charge in [-0.15, -0.1) is 0 Å². The molecule has 0 aromatic heterocycles. The molecule has 0 unspecified atom stereocenters. The summed E-state index contributed by atoms with van der Waals surface area (Å²) in [6.45, 7) is 3.98. The first-order chi connectivity index (χ1) is 6.10. The third-order valence-corrected chi connectivity index (χ3v) is 1.92. The maximum Gasteiger partial charge on any atom is 0.303 e. The number of aliphatic carboxylic acids is 1. The van der Waals surface area contributed by atoms with Crippen molar-refractivity contribution < 1.29 is 14.7 Å². The van der Waals surface area contributed by atoms with Crippen molar-refractivity contribution in [2.45, 2.75) is 45.6 Å². The second-order valence-corrected chi connectivity index (χ2v) is 2.97. The van der Waals surface area contributed by atoms with Gasteiger partial charge >= 0.3 is 5.97 Å². The van der Waals surface area contributed by atoms with E-state index in [9.17, 15) is 9.59 Å². The Labute approximate surface area is 78.3 Å². The minimum atomic E-state index is -0.931. The van der Waals surface area contributed by atoms with Crippen LogP contribution in [0.25, 0.3) is 0 Å². The van der Waals surface area contributed by atoms with Crippen LogP contribution in [0.5, 0.6) is 0 Å². The summed E-state index contributed by atoms with van der Waals surface area (Å²) in [6, 6.07) is 0.182. The average molecular weight is 187 g/mol. The third-order valence-electron chi connectivity index (χ3n) is 1.92. The van der Waals surface area contributed by atoms with Gasteiger partial charge in [0.2, 0.25) is 5.91 Å². The molecule has 4 nitrogen and oxygen atoms in total. The van der Waals surface area contributed by atoms with Gasteiger partial charge in [0.1, 0.15) is 0 Å². The smallest absolute Gasteiger partial charge is 0.303 e. The highest BCUT2D eigenvalue weighted by Gasteiger charge is 2.09. The summed E-state index contributed by atoms with van der Waals surface area (Å²) in [5.74, 6) is -1.10. The Bertz CT molecular complexity index is 176. The fourth-order valence-corrected chi connectivity index (χ4v) is 1.01. The normalized spacial score (nSPS) is 10.1. The van der Waals surface area contributed by atoms with Gasteiger partial charge in [0, 0.05) is 12.5 Å². The molecule has 13 heavy (non-hydrogen) atoms. The fourth-order valence-electron chi connectivity index (χ4n) is 1.01. The molecule has 0 saturated heterocycles. The number of amides is 1. The van der Waals surface area contributed by atoms with E-state index in [0.29, 0.717) is 0 Å². The lowest BCUT2D eigenvalue weighted by molar-refractivity contribution is -0.138. The summed E-state index contributed by atoms with van der Waals surface area (Å²) in [7, 11) is 0. The lowest BCUT2D eigenvalue weighted by Crippen LogP contribution is -2.33. The number of carbonyl (C=O) groups excluding carboxylic acids is 1. The van der Waals surface area contributed by atoms with E-state index >= 15 is 0 Å². The molecule has 0 aromatic rings. The summed E-state index contributed by atoms with van der Waals surface area (Å²) < 4.78 is 0. The van der Waals surface area contributed by atoms with Crippen molar-refractivity contribution in [3.63, 3.8) is 0 Å². The SMILES string of the molecule is CCC(CC)NC(=O)CCC(=O)O. The van der Waals surface area contributed by atoms with Crippen molar-refractivity contribution >= 4 is 11.9 Å². The number of carboxylic acids is 1. The molecule has 76 valence electrons. The van der Waals surface area contributed by atoms with Crippen LogP contribution in [0, 0.1) is 0 Å². The van der Waals surface area contributed by atoms with Crippen molar-refractivity contribution in [1.29, 1.82) is 0 Å². The summed E-state index contributed by atoms with van der Waals surface area (Å²) in [5, 5.41) is 11.1. The fraction of sp³-hybridized carbons (Fsp3) is 0.778. The summed E-state index contributed by atoms with van der Waals surface area (Å²) >= 11 is 0. The molecular weight excluding hydrogens is 170 g/mol. The van der Waals surface area contributed by atoms with Gasteiger partial charge in [0.25, 0.3) is 0 Å². The number of rotatable bonds is 6. The zero-order valence-corrected chi connectivity index (χ0v) is 8.17. The maximum absolute atomic E-state index is 11.1. The molecule has 0 aliphatic carbocycles. The van der Waals surface area contributed by atoms with Crippen LogP contribution in [0.3, 0.4) is 0 Å². The van der Waals surface area contributed by atoms with E-state index in [1.807, 2.05) is 13.8 Å². The molecule has 0 aliphatic heterocycles. The Kier molecular flexibility index (Phi) is 5.93. The molecule has 0 saturated carbocycles. The van der Waals surface area contributed by atoms with Crippen molar-refractivity contribution in [2.75, 3.05) is 0 Å². The van der Waals surface area contributed by atoms with Crippen LogP contribution >= 0.6 is 0 Å². The molecule has 0 bridgehead atoms. The second kappa shape index (κ2) is 6.46. The number of nitrogens with one attached hydrogen (secondary N) is 1. The lowest BCUT2D eigenvalue weighted by Gasteiger charge is -2.13. The molecule has 1 amide bonds. The molecule has 0 aromatic carbocycles. The van der Waals surface area contributed by atoms with Crippen LogP contribution in [0.4, 0.5) is 0 Å². The summed E-state index contributed by atoms with van der Waals surface area (Å²) in [4.78, 5) is 21.2. The predicted octanol–water partition coefficient (Wildman–Crippen LogP) is 1.16. The first kappa shape index (κ1) is 11.9. The molecular formula is C9H17NO3. The quantitative estimate of drug-likeness (QED) is 0.655. The standard InChI is InChI=1S/C9H17NO3/c1-3-7(4-2)10-8(11)5-6-9(12)13/h7H,3-6H2,1-2H3,(H,10,11)(H,12,13). The van der Waals surface area contributed by atoms with E-state index in [1.54, 1.807) is 0 Å². The predicted molar refractivity (Wildman–Crippen MR) is 49.4 cm³/mol. The van der Waals surface area contributed by atoms with Gasteiger partial charge in [-0.2, -0.15) is 0 Å². The van der Waals surface area contributed by atoms with Gasteiger partial charge in [0.05, 0.1) is 6.42 Å². The van der Waals surface area contributed by atoms with Gasteiger partial charge < -0.3 is 10.4 Å². The third kappa shape index (κ3) is 6.13. The highest BCUT2D eigenvalue weighted by atomic mass is 16.4. The van der Waals surface area contributed by atoms with Gasteiger partial charge in [-0.05, 0) is 12.8 Å². The largest absolute Gasteiger partial charge is 0.481 e. The van der Waals surface area contributed by atoms with Crippen LogP contribution in [0.2, 0.25) is 0 Å². The molecule has 2 N–H and O–H groups in total. The van der Waals surface area contributed by atoms with E-state index in [4.69, 9.17) is 5.11 Å². The number of carbonyl (C=O) groups is 2. The Morgan fingerprint density at radius 2 is 1.77 bits per heavy atom. The Morgan fingerprint density at radius 1 is 1.23 bits per heavy atom. The van der Waals surface area contributed by atoms with Crippen LogP contribution in [0.15, 0.2) is 0 Å². The number of hydrogen-bond acceptors (Lipinski definition) is 2. The highest BCUT2D eigenvalue weighted by Crippen LogP contribution is 1.97. The van der Waals surface area contributed by atoms with Crippen LogP contribution in [-0.4, -0.2) is 23.0 Å². The molecule has 0 rings (SSSR count). The van der Waals surface area contributed by atoms with Crippen LogP contribution in [-0.2, 0) is 9.59 Å². The van der Waals surface area contributed by atoms with Crippen LogP contribution in [0.1, 0.15) is 39.5 Å². The Balaban J connectivity index is 3.66. The van der Waals surface area contributed by atoms with Crippen LogP contribution < -0.4 is 5.32 Å². The Morgan fingerprint density at radius 3 is 2.15 bits per heavy atom. The highest BCUT2D eigenvalue weighted by molar-refractivity contribution is 5.80. The van der Waals surface area contributed by atoms with E-state index < -0.39 is 5.97 Å². The maximum atomic E-state index is 11.1. The van der Waals surface area contributed by atoms with E-state index in [1.165, 1.54) is 0 Å². The lowest BCUT2D eigenvalue weighted by atomic mass is 10.1. The van der Waals surface area contributed by atoms with E-state index in [2.05, 4.69) is 5.32 Å². The zero-order chi connectivity index (χ0) is 10.3. The second-order valence-electron chi connectivity index (χ2n) is 2.97. The summed E-state index contributed by atoms with van der Waals surface area (Å²) in [5.41, 5.74) is 0. The summed E-state index contributed by atoms with van der Waals surface area (Å²) in [6.07, 6.45) is 1.75. The zero-order valence-electron chi connectivity index (χ0n) is 8.17. The molecule has 0 atom stereocenters. The minimum Gasteiger partial charge on any atom is -0.481 e. The molecule has 0 radical (unpaired) electrons. The van der Waals surface area contributed by atoms with Gasteiger partial charge in [0.15, 0.2) is 0 Å². The number of hydrogen-bond donors (Lipinski definition) is 2. The van der Waals surface area contributed by atoms with Crippen molar-refractivity contribution in [3.8, 4) is 0 Å². The molecule has 0 fully saturated rings. The first-order valence-electron chi connectivity index (χ1n) is 4.61. The molecule has 0 aliphatic rings. The Hall–Kier alpha value is -1.06. The van der Waals surface area contributed by atoms with Gasteiger partial charge in [-0.1, -0.05) is 13.8 Å². The van der Waals surface area contributed by atoms with E-state index in [-0.39, 0.29) is 24.8 Å². The van der Waals surface area contributed by atoms with Crippen molar-refractivity contribution in [2.24, 2.45) is 0 Å². The molecule has 0 heterocycles. The van der Waals surface area contributed by atoms with Gasteiger partial charge in [-0.25, -0.2) is 0 Å². The average Bonchev–Trinajstić information content (AvgIpc) is 2.10. The topological polar surface area (TPSA) is 66.4 Å². The number of carboxylic acid groups (broad SMARTS) is 1. The minimum absolute atomic E-state index is 0.0752. The van der Waals surface area contributed by atoms with Gasteiger partial charge in [-0.3, -0.25) is 9.59 Å². The molecule has 4 heteroatoms. The van der Waals surface area contributed by atoms with Crippen molar-refractivity contribution in [1.82, 2.24) is 5.32 Å². The monoisotopic (exact) mass is 187 g/mol. The van der Waals surface area contributed by atoms with E-state index in [0.717, 1.165) is 12.8 Å². The molecule has 0 spiro atoms. The first-order valence-corrected chi connectivity index (χ1v) is 4.61. The van der Waals surface area contributed by atoms with Crippen molar-refractivity contribution in [3.05, 3.63) is 0 Å².